The molecule has 4 heteroatoms. The third kappa shape index (κ3) is 3.25. The Kier molecular flexibility index (Phi) is 4.11. The van der Waals surface area contributed by atoms with E-state index in [9.17, 15) is 14.6 Å². The molecule has 2 rings (SSSR count). The van der Waals surface area contributed by atoms with Crippen molar-refractivity contribution in [1.29, 1.82) is 0 Å². The Morgan fingerprint density at radius 2 is 2.05 bits per heavy atom. The normalized spacial score (nSPS) is 26.1. The summed E-state index contributed by atoms with van der Waals surface area (Å²) in [7, 11) is 0. The molecule has 1 aliphatic heterocycles. The summed E-state index contributed by atoms with van der Waals surface area (Å²) in [5.74, 6) is -0.372. The van der Waals surface area contributed by atoms with Crippen LogP contribution in [0.1, 0.15) is 44.8 Å². The minimum absolute atomic E-state index is 0.351. The lowest BCUT2D eigenvalue weighted by atomic mass is 9.98. The number of aliphatic hydroxyl groups excluding tert-OH is 1. The van der Waals surface area contributed by atoms with Gasteiger partial charge < -0.3 is 15.1 Å². The molecule has 2 N–H and O–H groups in total. The molecule has 0 saturated carbocycles. The van der Waals surface area contributed by atoms with Crippen molar-refractivity contribution in [3.05, 3.63) is 29.6 Å². The number of anilines is 1. The van der Waals surface area contributed by atoms with Crippen LogP contribution in [0.2, 0.25) is 0 Å². The molecule has 0 amide bonds. The molecular formula is C15H22FNO2. The van der Waals surface area contributed by atoms with Crippen LogP contribution in [-0.4, -0.2) is 28.9 Å². The topological polar surface area (TPSA) is 43.7 Å². The van der Waals surface area contributed by atoms with Crippen LogP contribution in [0.3, 0.4) is 0 Å². The molecule has 0 aliphatic carbocycles. The van der Waals surface area contributed by atoms with Crippen molar-refractivity contribution in [1.82, 2.24) is 0 Å². The lowest BCUT2D eigenvalue weighted by Gasteiger charge is -2.27. The average Bonchev–Trinajstić information content (AvgIpc) is 2.49. The van der Waals surface area contributed by atoms with E-state index in [0.29, 0.717) is 18.5 Å². The van der Waals surface area contributed by atoms with Gasteiger partial charge in [-0.2, -0.15) is 0 Å². The van der Waals surface area contributed by atoms with Crippen LogP contribution in [0.25, 0.3) is 0 Å². The summed E-state index contributed by atoms with van der Waals surface area (Å²) in [6.07, 6.45) is 1.44. The van der Waals surface area contributed by atoms with Crippen molar-refractivity contribution in [2.45, 2.75) is 44.8 Å². The molecule has 1 heterocycles. The van der Waals surface area contributed by atoms with Crippen LogP contribution in [0.5, 0.6) is 0 Å². The second-order valence-corrected chi connectivity index (χ2v) is 5.69. The Hall–Kier alpha value is -1.13. The van der Waals surface area contributed by atoms with Crippen LogP contribution in [0, 0.1) is 5.82 Å². The van der Waals surface area contributed by atoms with Gasteiger partial charge >= 0.3 is 0 Å². The van der Waals surface area contributed by atoms with Gasteiger partial charge in [0.1, 0.15) is 5.82 Å². The highest BCUT2D eigenvalue weighted by molar-refractivity contribution is 5.55. The Morgan fingerprint density at radius 1 is 1.32 bits per heavy atom. The second kappa shape index (κ2) is 5.47. The van der Waals surface area contributed by atoms with E-state index in [1.807, 2.05) is 13.0 Å². The van der Waals surface area contributed by atoms with Gasteiger partial charge in [-0.25, -0.2) is 4.39 Å². The number of hydrogen-bond donors (Lipinski definition) is 2. The number of halogens is 1. The highest BCUT2D eigenvalue weighted by atomic mass is 19.1. The maximum absolute atomic E-state index is 13.9. The number of benzene rings is 1. The standard InChI is InChI=1S/C15H22FNO2/c1-11(18)14-12(16)5-3-6-13(14)17-9-4-7-15(2,19)8-10-17/h3,5-6,11,18-19H,4,7-10H2,1-2H3/t11-,15?/m0/s1. The SMILES string of the molecule is C[C@H](O)c1c(F)cccc1N1CCCC(C)(O)CC1. The molecule has 1 aromatic carbocycles. The minimum Gasteiger partial charge on any atom is -0.390 e. The lowest BCUT2D eigenvalue weighted by molar-refractivity contribution is 0.0481. The van der Waals surface area contributed by atoms with E-state index < -0.39 is 11.7 Å². The third-order valence-corrected chi connectivity index (χ3v) is 3.85. The summed E-state index contributed by atoms with van der Waals surface area (Å²) >= 11 is 0. The van der Waals surface area contributed by atoms with E-state index in [1.165, 1.54) is 6.07 Å². The fraction of sp³-hybridized carbons (Fsp3) is 0.600. The molecule has 1 aliphatic rings. The van der Waals surface area contributed by atoms with E-state index in [-0.39, 0.29) is 5.82 Å². The number of nitrogens with zero attached hydrogens (tertiary/aromatic N) is 1. The first-order valence-electron chi connectivity index (χ1n) is 6.84. The Labute approximate surface area is 113 Å². The lowest BCUT2D eigenvalue weighted by Crippen LogP contribution is -2.29. The molecule has 19 heavy (non-hydrogen) atoms. The summed E-state index contributed by atoms with van der Waals surface area (Å²) in [5.41, 5.74) is 0.448. The first kappa shape index (κ1) is 14.3. The number of hydrogen-bond acceptors (Lipinski definition) is 3. The summed E-state index contributed by atoms with van der Waals surface area (Å²) in [6.45, 7) is 4.88. The van der Waals surface area contributed by atoms with Crippen molar-refractivity contribution in [3.63, 3.8) is 0 Å². The second-order valence-electron chi connectivity index (χ2n) is 5.69. The Balaban J connectivity index is 2.29. The van der Waals surface area contributed by atoms with Gasteiger partial charge in [0, 0.05) is 24.3 Å². The molecule has 2 atom stereocenters. The molecule has 3 nitrogen and oxygen atoms in total. The summed E-state index contributed by atoms with van der Waals surface area (Å²) in [5, 5.41) is 19.9. The zero-order valence-electron chi connectivity index (χ0n) is 11.6. The van der Waals surface area contributed by atoms with Gasteiger partial charge in [-0.1, -0.05) is 6.07 Å². The van der Waals surface area contributed by atoms with Crippen molar-refractivity contribution < 1.29 is 14.6 Å². The highest BCUT2D eigenvalue weighted by Crippen LogP contribution is 2.32. The molecular weight excluding hydrogens is 245 g/mol. The molecule has 1 saturated heterocycles. The van der Waals surface area contributed by atoms with E-state index >= 15 is 0 Å². The zero-order valence-corrected chi connectivity index (χ0v) is 11.6. The van der Waals surface area contributed by atoms with Gasteiger partial charge in [-0.05, 0) is 45.2 Å². The summed E-state index contributed by atoms with van der Waals surface area (Å²) in [4.78, 5) is 2.06. The van der Waals surface area contributed by atoms with Gasteiger partial charge in [0.25, 0.3) is 0 Å². The van der Waals surface area contributed by atoms with Gasteiger partial charge in [0.05, 0.1) is 11.7 Å². The van der Waals surface area contributed by atoms with E-state index in [4.69, 9.17) is 0 Å². The fourth-order valence-corrected chi connectivity index (χ4v) is 2.72. The molecule has 1 unspecified atom stereocenters. The molecule has 0 spiro atoms. The first-order valence-corrected chi connectivity index (χ1v) is 6.84. The van der Waals surface area contributed by atoms with Crippen molar-refractivity contribution in [3.8, 4) is 0 Å². The molecule has 1 aromatic rings. The highest BCUT2D eigenvalue weighted by Gasteiger charge is 2.27. The molecule has 106 valence electrons. The van der Waals surface area contributed by atoms with E-state index in [2.05, 4.69) is 4.90 Å². The smallest absolute Gasteiger partial charge is 0.131 e. The van der Waals surface area contributed by atoms with Gasteiger partial charge in [-0.3, -0.25) is 0 Å². The maximum atomic E-state index is 13.9. The van der Waals surface area contributed by atoms with Gasteiger partial charge in [0.2, 0.25) is 0 Å². The molecule has 1 fully saturated rings. The van der Waals surface area contributed by atoms with Crippen LogP contribution in [0.15, 0.2) is 18.2 Å². The largest absolute Gasteiger partial charge is 0.390 e. The van der Waals surface area contributed by atoms with Crippen LogP contribution in [-0.2, 0) is 0 Å². The number of rotatable bonds is 2. The summed E-state index contributed by atoms with van der Waals surface area (Å²) < 4.78 is 13.9. The molecule has 0 bridgehead atoms. The summed E-state index contributed by atoms with van der Waals surface area (Å²) in [6, 6.07) is 4.88. The first-order chi connectivity index (χ1) is 8.91. The molecule has 0 aromatic heterocycles. The third-order valence-electron chi connectivity index (χ3n) is 3.85. The average molecular weight is 267 g/mol. The van der Waals surface area contributed by atoms with Crippen molar-refractivity contribution in [2.75, 3.05) is 18.0 Å². The maximum Gasteiger partial charge on any atom is 0.131 e. The van der Waals surface area contributed by atoms with Crippen molar-refractivity contribution >= 4 is 5.69 Å². The van der Waals surface area contributed by atoms with E-state index in [0.717, 1.165) is 25.1 Å². The predicted molar refractivity (Wildman–Crippen MR) is 73.7 cm³/mol. The van der Waals surface area contributed by atoms with Gasteiger partial charge in [-0.15, -0.1) is 0 Å². The van der Waals surface area contributed by atoms with Gasteiger partial charge in [0.15, 0.2) is 0 Å². The van der Waals surface area contributed by atoms with Crippen LogP contribution in [0.4, 0.5) is 10.1 Å². The Morgan fingerprint density at radius 3 is 2.74 bits per heavy atom. The minimum atomic E-state index is -0.833. The van der Waals surface area contributed by atoms with E-state index in [1.54, 1.807) is 13.0 Å². The van der Waals surface area contributed by atoms with Crippen LogP contribution < -0.4 is 4.90 Å². The monoisotopic (exact) mass is 267 g/mol. The Bertz CT molecular complexity index is 446. The van der Waals surface area contributed by atoms with Crippen molar-refractivity contribution in [2.24, 2.45) is 0 Å². The zero-order chi connectivity index (χ0) is 14.0. The predicted octanol–water partition coefficient (Wildman–Crippen LogP) is 2.62. The molecule has 0 radical (unpaired) electrons. The van der Waals surface area contributed by atoms with Crippen LogP contribution >= 0.6 is 0 Å². The fourth-order valence-electron chi connectivity index (χ4n) is 2.72. The quantitative estimate of drug-likeness (QED) is 0.865. The number of aliphatic hydroxyl groups is 2.